The number of fused-ring (bicyclic) bond motifs is 3. The molecule has 0 N–H and O–H groups in total. The molecule has 23 heavy (non-hydrogen) atoms. The van der Waals surface area contributed by atoms with Crippen LogP contribution in [0.3, 0.4) is 0 Å². The number of rotatable bonds is 2. The first-order chi connectivity index (χ1) is 11.2. The van der Waals surface area contributed by atoms with Gasteiger partial charge in [-0.3, -0.25) is 0 Å². The molecule has 0 fully saturated rings. The van der Waals surface area contributed by atoms with Crippen LogP contribution in [0.2, 0.25) is 0 Å². The predicted octanol–water partition coefficient (Wildman–Crippen LogP) is 2.86. The molecule has 0 amide bonds. The second-order valence-corrected chi connectivity index (χ2v) is 5.27. The van der Waals surface area contributed by atoms with Crippen LogP contribution in [0.1, 0.15) is 15.9 Å². The normalized spacial score (nSPS) is 13.0. The standard InChI is InChI=1S/C17H13FN2O3/c1-22-17(21)14-15(10-2-4-11(18)5-3-10)19-20-8-6-13-12(16(14)20)7-9-23-13/h2-6,8H,7,9H2,1H3. The summed E-state index contributed by atoms with van der Waals surface area (Å²) in [5.74, 6) is -0.0562. The molecule has 0 atom stereocenters. The van der Waals surface area contributed by atoms with Crippen molar-refractivity contribution < 1.29 is 18.7 Å². The Morgan fingerprint density at radius 3 is 2.83 bits per heavy atom. The minimum absolute atomic E-state index is 0.341. The number of carbonyl (C=O) groups is 1. The van der Waals surface area contributed by atoms with Crippen molar-refractivity contribution in [3.8, 4) is 17.0 Å². The maximum Gasteiger partial charge on any atom is 0.342 e. The van der Waals surface area contributed by atoms with E-state index in [0.717, 1.165) is 11.3 Å². The second-order valence-electron chi connectivity index (χ2n) is 5.27. The Morgan fingerprint density at radius 2 is 2.09 bits per heavy atom. The summed E-state index contributed by atoms with van der Waals surface area (Å²) in [7, 11) is 1.33. The van der Waals surface area contributed by atoms with E-state index in [1.54, 1.807) is 22.8 Å². The molecule has 0 radical (unpaired) electrons. The smallest absolute Gasteiger partial charge is 0.342 e. The van der Waals surface area contributed by atoms with E-state index in [2.05, 4.69) is 5.10 Å². The number of hydrogen-bond acceptors (Lipinski definition) is 4. The minimum atomic E-state index is -0.473. The largest absolute Gasteiger partial charge is 0.493 e. The number of esters is 1. The summed E-state index contributed by atoms with van der Waals surface area (Å²) in [4.78, 5) is 12.4. The molecule has 0 saturated carbocycles. The molecule has 0 saturated heterocycles. The molecule has 3 aromatic rings. The van der Waals surface area contributed by atoms with E-state index in [4.69, 9.17) is 9.47 Å². The van der Waals surface area contributed by atoms with Gasteiger partial charge in [-0.15, -0.1) is 0 Å². The van der Waals surface area contributed by atoms with E-state index in [9.17, 15) is 9.18 Å². The third-order valence-corrected chi connectivity index (χ3v) is 3.98. The van der Waals surface area contributed by atoms with Crippen molar-refractivity contribution in [2.75, 3.05) is 13.7 Å². The summed E-state index contributed by atoms with van der Waals surface area (Å²) >= 11 is 0. The lowest BCUT2D eigenvalue weighted by atomic mass is 10.0. The molecule has 0 unspecified atom stereocenters. The highest BCUT2D eigenvalue weighted by atomic mass is 19.1. The minimum Gasteiger partial charge on any atom is -0.493 e. The monoisotopic (exact) mass is 312 g/mol. The molecule has 0 bridgehead atoms. The lowest BCUT2D eigenvalue weighted by molar-refractivity contribution is 0.0603. The van der Waals surface area contributed by atoms with Gasteiger partial charge in [0.25, 0.3) is 0 Å². The number of pyridine rings is 1. The van der Waals surface area contributed by atoms with Crippen molar-refractivity contribution in [2.45, 2.75) is 6.42 Å². The van der Waals surface area contributed by atoms with Crippen molar-refractivity contribution in [1.29, 1.82) is 0 Å². The Labute approximate surface area is 131 Å². The van der Waals surface area contributed by atoms with Crippen molar-refractivity contribution in [3.05, 3.63) is 53.5 Å². The first-order valence-electron chi connectivity index (χ1n) is 7.20. The van der Waals surface area contributed by atoms with Gasteiger partial charge < -0.3 is 9.47 Å². The van der Waals surface area contributed by atoms with Gasteiger partial charge in [0.05, 0.1) is 19.2 Å². The maximum absolute atomic E-state index is 13.2. The van der Waals surface area contributed by atoms with Crippen LogP contribution in [-0.4, -0.2) is 29.3 Å². The van der Waals surface area contributed by atoms with Crippen LogP contribution in [-0.2, 0) is 11.2 Å². The van der Waals surface area contributed by atoms with Crippen LogP contribution in [0.15, 0.2) is 36.5 Å². The highest BCUT2D eigenvalue weighted by Crippen LogP contribution is 2.35. The molecule has 3 heterocycles. The third kappa shape index (κ3) is 2.06. The van der Waals surface area contributed by atoms with Gasteiger partial charge >= 0.3 is 5.97 Å². The highest BCUT2D eigenvalue weighted by Gasteiger charge is 2.27. The van der Waals surface area contributed by atoms with Gasteiger partial charge in [-0.25, -0.2) is 13.7 Å². The van der Waals surface area contributed by atoms with E-state index < -0.39 is 5.97 Å². The van der Waals surface area contributed by atoms with Crippen molar-refractivity contribution in [3.63, 3.8) is 0 Å². The molecule has 6 heteroatoms. The Kier molecular flexibility index (Phi) is 3.04. The number of methoxy groups -OCH3 is 1. The summed E-state index contributed by atoms with van der Waals surface area (Å²) < 4.78 is 25.3. The van der Waals surface area contributed by atoms with Crippen LogP contribution < -0.4 is 4.74 Å². The Morgan fingerprint density at radius 1 is 1.30 bits per heavy atom. The molecule has 1 aliphatic heterocycles. The van der Waals surface area contributed by atoms with Gasteiger partial charge in [0.1, 0.15) is 22.8 Å². The SMILES string of the molecule is COC(=O)c1c(-c2ccc(F)cc2)nn2ccc3c(c12)CCO3. The molecule has 0 spiro atoms. The average Bonchev–Trinajstić information content (AvgIpc) is 3.18. The highest BCUT2D eigenvalue weighted by molar-refractivity contribution is 6.04. The fraction of sp³-hybridized carbons (Fsp3) is 0.176. The summed E-state index contributed by atoms with van der Waals surface area (Å²) in [6.07, 6.45) is 2.46. The van der Waals surface area contributed by atoms with E-state index in [-0.39, 0.29) is 5.82 Å². The van der Waals surface area contributed by atoms with Gasteiger partial charge in [-0.2, -0.15) is 5.10 Å². The first-order valence-corrected chi connectivity index (χ1v) is 7.20. The number of halogens is 1. The average molecular weight is 312 g/mol. The van der Waals surface area contributed by atoms with Crippen molar-refractivity contribution in [2.24, 2.45) is 0 Å². The van der Waals surface area contributed by atoms with E-state index in [0.29, 0.717) is 35.4 Å². The van der Waals surface area contributed by atoms with Gasteiger partial charge in [0.2, 0.25) is 0 Å². The quantitative estimate of drug-likeness (QED) is 0.683. The molecule has 4 rings (SSSR count). The second kappa shape index (κ2) is 5.08. The number of hydrogen-bond donors (Lipinski definition) is 0. The van der Waals surface area contributed by atoms with Crippen molar-refractivity contribution >= 4 is 11.5 Å². The lowest BCUT2D eigenvalue weighted by Crippen LogP contribution is -2.03. The van der Waals surface area contributed by atoms with E-state index in [1.165, 1.54) is 19.2 Å². The van der Waals surface area contributed by atoms with Crippen LogP contribution >= 0.6 is 0 Å². The first kappa shape index (κ1) is 13.8. The molecular formula is C17H13FN2O3. The van der Waals surface area contributed by atoms with Gasteiger partial charge in [0, 0.05) is 23.7 Å². The number of aromatic nitrogens is 2. The van der Waals surface area contributed by atoms with Gasteiger partial charge in [-0.05, 0) is 30.3 Å². The van der Waals surface area contributed by atoms with Crippen LogP contribution in [0.5, 0.6) is 5.75 Å². The van der Waals surface area contributed by atoms with E-state index in [1.807, 2.05) is 6.07 Å². The Balaban J connectivity index is 2.04. The van der Waals surface area contributed by atoms with Gasteiger partial charge in [0.15, 0.2) is 0 Å². The zero-order chi connectivity index (χ0) is 16.0. The Hall–Kier alpha value is -2.89. The zero-order valence-electron chi connectivity index (χ0n) is 12.4. The lowest BCUT2D eigenvalue weighted by Gasteiger charge is -2.04. The Bertz CT molecular complexity index is 916. The molecular weight excluding hydrogens is 299 g/mol. The summed E-state index contributed by atoms with van der Waals surface area (Å²) in [5.41, 5.74) is 3.13. The number of nitrogens with zero attached hydrogens (tertiary/aromatic N) is 2. The summed E-state index contributed by atoms with van der Waals surface area (Å²) in [6.45, 7) is 0.576. The van der Waals surface area contributed by atoms with Gasteiger partial charge in [-0.1, -0.05) is 0 Å². The topological polar surface area (TPSA) is 52.8 Å². The van der Waals surface area contributed by atoms with Crippen molar-refractivity contribution in [1.82, 2.24) is 9.61 Å². The molecule has 0 aliphatic carbocycles. The molecule has 2 aromatic heterocycles. The fourth-order valence-corrected chi connectivity index (χ4v) is 2.93. The van der Waals surface area contributed by atoms with Crippen LogP contribution in [0.25, 0.3) is 16.8 Å². The third-order valence-electron chi connectivity index (χ3n) is 3.98. The number of ether oxygens (including phenoxy) is 2. The molecule has 5 nitrogen and oxygen atoms in total. The predicted molar refractivity (Wildman–Crippen MR) is 81.1 cm³/mol. The fourth-order valence-electron chi connectivity index (χ4n) is 2.93. The summed E-state index contributed by atoms with van der Waals surface area (Å²) in [5, 5.41) is 4.50. The molecule has 1 aromatic carbocycles. The maximum atomic E-state index is 13.2. The molecule has 1 aliphatic rings. The number of carbonyl (C=O) groups excluding carboxylic acids is 1. The van der Waals surface area contributed by atoms with E-state index >= 15 is 0 Å². The summed E-state index contributed by atoms with van der Waals surface area (Å²) in [6, 6.07) is 7.71. The number of benzene rings is 1. The molecule has 116 valence electrons. The van der Waals surface area contributed by atoms with Crippen LogP contribution in [0.4, 0.5) is 4.39 Å². The zero-order valence-corrected chi connectivity index (χ0v) is 12.4. The van der Waals surface area contributed by atoms with Crippen LogP contribution in [0, 0.1) is 5.82 Å².